The van der Waals surface area contributed by atoms with E-state index in [1.807, 2.05) is 0 Å². The molecule has 0 aromatic carbocycles. The number of nitrogens with zero attached hydrogens (tertiary/aromatic N) is 1. The van der Waals surface area contributed by atoms with Crippen LogP contribution < -0.4 is 16.8 Å². The number of nitrogen functional groups attached to an aromatic ring is 2. The number of anilines is 3. The van der Waals surface area contributed by atoms with Crippen LogP contribution in [0.5, 0.6) is 0 Å². The Hall–Kier alpha value is -1.71. The molecule has 0 unspecified atom stereocenters. The minimum Gasteiger partial charge on any atom is -0.396 e. The monoisotopic (exact) mass is 164 g/mol. The third-order valence-corrected chi connectivity index (χ3v) is 1.38. The Bertz CT molecular complexity index is 282. The largest absolute Gasteiger partial charge is 0.396 e. The summed E-state index contributed by atoms with van der Waals surface area (Å²) >= 11 is 0. The first-order chi connectivity index (χ1) is 5.74. The molecule has 0 amide bonds. The van der Waals surface area contributed by atoms with Gasteiger partial charge in [-0.15, -0.1) is 6.58 Å². The van der Waals surface area contributed by atoms with Crippen LogP contribution >= 0.6 is 0 Å². The van der Waals surface area contributed by atoms with Crippen molar-refractivity contribution < 1.29 is 0 Å². The van der Waals surface area contributed by atoms with Crippen LogP contribution in [0.4, 0.5) is 17.3 Å². The number of nitrogens with one attached hydrogen (secondary N) is 1. The molecule has 0 aliphatic heterocycles. The van der Waals surface area contributed by atoms with Gasteiger partial charge in [-0.1, -0.05) is 6.08 Å². The van der Waals surface area contributed by atoms with E-state index in [2.05, 4.69) is 16.9 Å². The van der Waals surface area contributed by atoms with Crippen LogP contribution in [0.2, 0.25) is 0 Å². The highest BCUT2D eigenvalue weighted by Crippen LogP contribution is 2.13. The molecule has 5 N–H and O–H groups in total. The SMILES string of the molecule is C=CCNc1ccc(N)c(N)n1. The van der Waals surface area contributed by atoms with E-state index in [4.69, 9.17) is 11.5 Å². The molecule has 0 aliphatic carbocycles. The second-order valence-electron chi connectivity index (χ2n) is 2.34. The highest BCUT2D eigenvalue weighted by Gasteiger charge is 1.96. The van der Waals surface area contributed by atoms with Gasteiger partial charge < -0.3 is 16.8 Å². The van der Waals surface area contributed by atoms with Gasteiger partial charge in [-0.3, -0.25) is 0 Å². The summed E-state index contributed by atoms with van der Waals surface area (Å²) in [5.41, 5.74) is 11.5. The average Bonchev–Trinajstić information content (AvgIpc) is 2.07. The van der Waals surface area contributed by atoms with Crippen molar-refractivity contribution in [3.8, 4) is 0 Å². The zero-order valence-electron chi connectivity index (χ0n) is 6.75. The highest BCUT2D eigenvalue weighted by atomic mass is 15.0. The van der Waals surface area contributed by atoms with Gasteiger partial charge in [0.15, 0.2) is 0 Å². The maximum absolute atomic E-state index is 5.49. The van der Waals surface area contributed by atoms with Gasteiger partial charge in [-0.25, -0.2) is 4.98 Å². The first kappa shape index (κ1) is 8.39. The third-order valence-electron chi connectivity index (χ3n) is 1.38. The van der Waals surface area contributed by atoms with Crippen molar-refractivity contribution in [2.24, 2.45) is 0 Å². The van der Waals surface area contributed by atoms with Gasteiger partial charge in [-0.2, -0.15) is 0 Å². The molecule has 0 aliphatic rings. The van der Waals surface area contributed by atoms with E-state index >= 15 is 0 Å². The van der Waals surface area contributed by atoms with E-state index in [0.717, 1.165) is 0 Å². The molecular formula is C8H12N4. The average molecular weight is 164 g/mol. The smallest absolute Gasteiger partial charge is 0.149 e. The summed E-state index contributed by atoms with van der Waals surface area (Å²) in [6.45, 7) is 4.23. The lowest BCUT2D eigenvalue weighted by Gasteiger charge is -2.04. The van der Waals surface area contributed by atoms with Crippen LogP contribution in [0.3, 0.4) is 0 Å². The van der Waals surface area contributed by atoms with Gasteiger partial charge in [0.1, 0.15) is 11.6 Å². The van der Waals surface area contributed by atoms with Crippen molar-refractivity contribution in [1.82, 2.24) is 4.98 Å². The zero-order valence-corrected chi connectivity index (χ0v) is 6.75. The molecule has 1 rings (SSSR count). The lowest BCUT2D eigenvalue weighted by atomic mass is 10.4. The minimum atomic E-state index is 0.351. The molecule has 4 heteroatoms. The normalized spacial score (nSPS) is 9.33. The number of hydrogen-bond donors (Lipinski definition) is 3. The van der Waals surface area contributed by atoms with Crippen molar-refractivity contribution >= 4 is 17.3 Å². The van der Waals surface area contributed by atoms with Crippen LogP contribution in [0, 0.1) is 0 Å². The number of aromatic nitrogens is 1. The van der Waals surface area contributed by atoms with Gasteiger partial charge in [0.25, 0.3) is 0 Å². The first-order valence-electron chi connectivity index (χ1n) is 3.61. The van der Waals surface area contributed by atoms with Gasteiger partial charge in [0.2, 0.25) is 0 Å². The lowest BCUT2D eigenvalue weighted by molar-refractivity contribution is 1.24. The summed E-state index contributed by atoms with van der Waals surface area (Å²) in [5, 5.41) is 3.00. The number of nitrogens with two attached hydrogens (primary N) is 2. The summed E-state index contributed by atoms with van der Waals surface area (Å²) in [4.78, 5) is 4.00. The Morgan fingerprint density at radius 3 is 2.83 bits per heavy atom. The van der Waals surface area contributed by atoms with E-state index < -0.39 is 0 Å². The topological polar surface area (TPSA) is 77.0 Å². The van der Waals surface area contributed by atoms with Gasteiger partial charge in [0, 0.05) is 6.54 Å². The van der Waals surface area contributed by atoms with Crippen LogP contribution in [-0.2, 0) is 0 Å². The summed E-state index contributed by atoms with van der Waals surface area (Å²) in [6, 6.07) is 3.49. The molecule has 0 saturated carbocycles. The molecule has 12 heavy (non-hydrogen) atoms. The van der Waals surface area contributed by atoms with E-state index in [1.54, 1.807) is 18.2 Å². The van der Waals surface area contributed by atoms with Crippen molar-refractivity contribution in [2.75, 3.05) is 23.3 Å². The summed E-state index contributed by atoms with van der Waals surface area (Å²) < 4.78 is 0. The van der Waals surface area contributed by atoms with Crippen molar-refractivity contribution in [2.45, 2.75) is 0 Å². The minimum absolute atomic E-state index is 0.351. The Morgan fingerprint density at radius 1 is 1.50 bits per heavy atom. The van der Waals surface area contributed by atoms with E-state index in [-0.39, 0.29) is 0 Å². The van der Waals surface area contributed by atoms with Crippen LogP contribution in [0.15, 0.2) is 24.8 Å². The van der Waals surface area contributed by atoms with Crippen molar-refractivity contribution in [1.29, 1.82) is 0 Å². The number of rotatable bonds is 3. The molecule has 0 bridgehead atoms. The van der Waals surface area contributed by atoms with Crippen LogP contribution in [-0.4, -0.2) is 11.5 Å². The van der Waals surface area contributed by atoms with Crippen molar-refractivity contribution in [3.63, 3.8) is 0 Å². The lowest BCUT2D eigenvalue weighted by Crippen LogP contribution is -2.04. The molecule has 1 aromatic rings. The molecule has 0 saturated heterocycles. The van der Waals surface area contributed by atoms with E-state index in [0.29, 0.717) is 23.9 Å². The molecule has 1 heterocycles. The summed E-state index contributed by atoms with van der Waals surface area (Å²) in [6.07, 6.45) is 1.74. The fraction of sp³-hybridized carbons (Fsp3) is 0.125. The Labute approximate surface area is 71.3 Å². The summed E-state index contributed by atoms with van der Waals surface area (Å²) in [5.74, 6) is 1.06. The van der Waals surface area contributed by atoms with E-state index in [9.17, 15) is 0 Å². The van der Waals surface area contributed by atoms with Gasteiger partial charge in [0.05, 0.1) is 5.69 Å². The fourth-order valence-corrected chi connectivity index (χ4v) is 0.761. The second-order valence-corrected chi connectivity index (χ2v) is 2.34. The molecule has 1 aromatic heterocycles. The Kier molecular flexibility index (Phi) is 2.53. The molecule has 64 valence electrons. The molecule has 0 radical (unpaired) electrons. The van der Waals surface area contributed by atoms with Gasteiger partial charge in [-0.05, 0) is 12.1 Å². The maximum Gasteiger partial charge on any atom is 0.149 e. The van der Waals surface area contributed by atoms with Crippen LogP contribution in [0.1, 0.15) is 0 Å². The fourth-order valence-electron chi connectivity index (χ4n) is 0.761. The van der Waals surface area contributed by atoms with E-state index in [1.165, 1.54) is 0 Å². The third kappa shape index (κ3) is 1.88. The standard InChI is InChI=1S/C8H12N4/c1-2-5-11-7-4-3-6(9)8(10)12-7/h2-4H,1,5,9H2,(H3,10,11,12). The molecule has 0 fully saturated rings. The highest BCUT2D eigenvalue weighted by molar-refractivity contribution is 5.61. The molecule has 4 nitrogen and oxygen atoms in total. The predicted molar refractivity (Wildman–Crippen MR) is 51.7 cm³/mol. The summed E-state index contributed by atoms with van der Waals surface area (Å²) in [7, 11) is 0. The molecule has 0 atom stereocenters. The predicted octanol–water partition coefficient (Wildman–Crippen LogP) is 0.844. The van der Waals surface area contributed by atoms with Gasteiger partial charge >= 0.3 is 0 Å². The van der Waals surface area contributed by atoms with Crippen molar-refractivity contribution in [3.05, 3.63) is 24.8 Å². The Morgan fingerprint density at radius 2 is 2.25 bits per heavy atom. The Balaban J connectivity index is 2.75. The number of pyridine rings is 1. The first-order valence-corrected chi connectivity index (χ1v) is 3.61. The maximum atomic E-state index is 5.49. The quantitative estimate of drug-likeness (QED) is 0.579. The zero-order chi connectivity index (χ0) is 8.97. The second kappa shape index (κ2) is 3.61. The number of hydrogen-bond acceptors (Lipinski definition) is 4. The molecule has 0 spiro atoms. The van der Waals surface area contributed by atoms with Crippen LogP contribution in [0.25, 0.3) is 0 Å². The molecular weight excluding hydrogens is 152 g/mol.